The van der Waals surface area contributed by atoms with Crippen molar-refractivity contribution in [2.45, 2.75) is 13.8 Å². The van der Waals surface area contributed by atoms with Crippen LogP contribution in [-0.2, 0) is 4.74 Å². The fraction of sp³-hybridized carbons (Fsp3) is 0.130. The number of carbonyl (C=O) groups excluding carboxylic acids is 1. The van der Waals surface area contributed by atoms with E-state index >= 15 is 0 Å². The van der Waals surface area contributed by atoms with Crippen LogP contribution in [0, 0.1) is 6.92 Å². The van der Waals surface area contributed by atoms with Gasteiger partial charge in [0.05, 0.1) is 29.1 Å². The first kappa shape index (κ1) is 19.3. The third-order valence-corrected chi connectivity index (χ3v) is 4.42. The van der Waals surface area contributed by atoms with Gasteiger partial charge in [0, 0.05) is 23.3 Å². The zero-order valence-electron chi connectivity index (χ0n) is 16.7. The minimum atomic E-state index is -0.395. The molecular formula is C23H21N5O2. The van der Waals surface area contributed by atoms with Crippen molar-refractivity contribution >= 4 is 40.0 Å². The molecule has 0 aliphatic heterocycles. The highest BCUT2D eigenvalue weighted by Gasteiger charge is 2.13. The van der Waals surface area contributed by atoms with Crippen molar-refractivity contribution in [3.63, 3.8) is 0 Å². The molecule has 30 heavy (non-hydrogen) atoms. The summed E-state index contributed by atoms with van der Waals surface area (Å²) >= 11 is 0. The Labute approximate surface area is 174 Å². The molecule has 2 N–H and O–H groups in total. The zero-order chi connectivity index (χ0) is 20.9. The van der Waals surface area contributed by atoms with Crippen molar-refractivity contribution < 1.29 is 9.53 Å². The quantitative estimate of drug-likeness (QED) is 0.441. The second-order valence-electron chi connectivity index (χ2n) is 6.61. The molecule has 0 fully saturated rings. The van der Waals surface area contributed by atoms with E-state index in [1.807, 2.05) is 49.4 Å². The largest absolute Gasteiger partial charge is 0.462 e. The van der Waals surface area contributed by atoms with Crippen LogP contribution in [0.3, 0.4) is 0 Å². The molecule has 0 atom stereocenters. The SMILES string of the molecule is CCOC(=O)c1ccccc1Nc1nc(C)cc(Nc2cccc3cccnc23)n1. The van der Waals surface area contributed by atoms with Crippen LogP contribution >= 0.6 is 0 Å². The normalized spacial score (nSPS) is 10.6. The van der Waals surface area contributed by atoms with Gasteiger partial charge in [0.25, 0.3) is 0 Å². The number of carbonyl (C=O) groups is 1. The van der Waals surface area contributed by atoms with E-state index in [1.54, 1.807) is 31.3 Å². The van der Waals surface area contributed by atoms with Crippen LogP contribution in [0.1, 0.15) is 23.0 Å². The minimum absolute atomic E-state index is 0.307. The molecule has 0 bridgehead atoms. The van der Waals surface area contributed by atoms with Crippen molar-refractivity contribution in [2.24, 2.45) is 0 Å². The van der Waals surface area contributed by atoms with Crippen LogP contribution in [-0.4, -0.2) is 27.5 Å². The Morgan fingerprint density at radius 3 is 2.63 bits per heavy atom. The first-order valence-corrected chi connectivity index (χ1v) is 9.63. The number of aryl methyl sites for hydroxylation is 1. The molecule has 0 radical (unpaired) electrons. The highest BCUT2D eigenvalue weighted by atomic mass is 16.5. The molecule has 4 aromatic rings. The minimum Gasteiger partial charge on any atom is -0.462 e. The average Bonchev–Trinajstić information content (AvgIpc) is 2.74. The number of aromatic nitrogens is 3. The van der Waals surface area contributed by atoms with E-state index in [2.05, 4.69) is 25.6 Å². The van der Waals surface area contributed by atoms with Gasteiger partial charge >= 0.3 is 5.97 Å². The van der Waals surface area contributed by atoms with E-state index in [-0.39, 0.29) is 0 Å². The summed E-state index contributed by atoms with van der Waals surface area (Å²) in [7, 11) is 0. The standard InChI is InChI=1S/C23H21N5O2/c1-3-30-22(29)17-10-4-5-11-18(17)27-23-25-15(2)14-20(28-23)26-19-12-6-8-16-9-7-13-24-21(16)19/h4-14H,3H2,1-2H3,(H2,25,26,27,28). The number of anilines is 4. The molecule has 7 heteroatoms. The first-order valence-electron chi connectivity index (χ1n) is 9.63. The van der Waals surface area contributed by atoms with Gasteiger partial charge in [-0.15, -0.1) is 0 Å². The Morgan fingerprint density at radius 1 is 0.967 bits per heavy atom. The number of pyridine rings is 1. The number of nitrogens with one attached hydrogen (secondary N) is 2. The monoisotopic (exact) mass is 399 g/mol. The van der Waals surface area contributed by atoms with Crippen LogP contribution in [0.2, 0.25) is 0 Å². The number of fused-ring (bicyclic) bond motifs is 1. The van der Waals surface area contributed by atoms with Crippen molar-refractivity contribution in [3.05, 3.63) is 78.1 Å². The van der Waals surface area contributed by atoms with E-state index in [9.17, 15) is 4.79 Å². The number of hydrogen-bond donors (Lipinski definition) is 2. The predicted molar refractivity (Wildman–Crippen MR) is 117 cm³/mol. The topological polar surface area (TPSA) is 89.0 Å². The Kier molecular flexibility index (Phi) is 5.52. The Morgan fingerprint density at radius 2 is 1.77 bits per heavy atom. The lowest BCUT2D eigenvalue weighted by molar-refractivity contribution is 0.0527. The van der Waals surface area contributed by atoms with E-state index in [0.717, 1.165) is 22.3 Å². The number of benzene rings is 2. The first-order chi connectivity index (χ1) is 14.6. The fourth-order valence-corrected chi connectivity index (χ4v) is 3.13. The Balaban J connectivity index is 1.64. The van der Waals surface area contributed by atoms with Gasteiger partial charge in [0.2, 0.25) is 5.95 Å². The van der Waals surface area contributed by atoms with Crippen LogP contribution in [0.4, 0.5) is 23.1 Å². The summed E-state index contributed by atoms with van der Waals surface area (Å²) in [6.07, 6.45) is 1.76. The summed E-state index contributed by atoms with van der Waals surface area (Å²) in [5.74, 6) is 0.604. The lowest BCUT2D eigenvalue weighted by Crippen LogP contribution is -2.09. The molecular weight excluding hydrogens is 378 g/mol. The van der Waals surface area contributed by atoms with Gasteiger partial charge in [-0.3, -0.25) is 4.98 Å². The molecule has 2 aromatic heterocycles. The fourth-order valence-electron chi connectivity index (χ4n) is 3.13. The van der Waals surface area contributed by atoms with Gasteiger partial charge in [-0.1, -0.05) is 30.3 Å². The molecule has 0 spiro atoms. The molecule has 0 amide bonds. The van der Waals surface area contributed by atoms with E-state index < -0.39 is 5.97 Å². The molecule has 2 aromatic carbocycles. The van der Waals surface area contributed by atoms with Crippen LogP contribution < -0.4 is 10.6 Å². The molecule has 0 unspecified atom stereocenters. The maximum absolute atomic E-state index is 12.2. The van der Waals surface area contributed by atoms with Crippen molar-refractivity contribution in [2.75, 3.05) is 17.2 Å². The molecule has 2 heterocycles. The Hall–Kier alpha value is -4.00. The van der Waals surface area contributed by atoms with Crippen LogP contribution in [0.5, 0.6) is 0 Å². The third kappa shape index (κ3) is 4.20. The maximum Gasteiger partial charge on any atom is 0.340 e. The zero-order valence-corrected chi connectivity index (χ0v) is 16.7. The molecule has 0 aliphatic carbocycles. The number of nitrogens with zero attached hydrogens (tertiary/aromatic N) is 3. The summed E-state index contributed by atoms with van der Waals surface area (Å²) in [6.45, 7) is 3.97. The lowest BCUT2D eigenvalue weighted by Gasteiger charge is -2.13. The van der Waals surface area contributed by atoms with E-state index in [1.165, 1.54) is 0 Å². The van der Waals surface area contributed by atoms with Crippen molar-refractivity contribution in [1.29, 1.82) is 0 Å². The molecule has 0 aliphatic rings. The second kappa shape index (κ2) is 8.57. The van der Waals surface area contributed by atoms with Crippen LogP contribution in [0.15, 0.2) is 66.9 Å². The number of esters is 1. The maximum atomic E-state index is 12.2. The number of hydrogen-bond acceptors (Lipinski definition) is 7. The van der Waals surface area contributed by atoms with Gasteiger partial charge in [0.15, 0.2) is 0 Å². The van der Waals surface area contributed by atoms with E-state index in [0.29, 0.717) is 29.6 Å². The summed E-state index contributed by atoms with van der Waals surface area (Å²) < 4.78 is 5.13. The third-order valence-electron chi connectivity index (χ3n) is 4.42. The number of para-hydroxylation sites is 2. The van der Waals surface area contributed by atoms with Gasteiger partial charge in [-0.25, -0.2) is 9.78 Å². The van der Waals surface area contributed by atoms with Gasteiger partial charge < -0.3 is 15.4 Å². The molecule has 7 nitrogen and oxygen atoms in total. The second-order valence-corrected chi connectivity index (χ2v) is 6.61. The lowest BCUT2D eigenvalue weighted by atomic mass is 10.2. The van der Waals surface area contributed by atoms with Crippen molar-refractivity contribution in [3.8, 4) is 0 Å². The summed E-state index contributed by atoms with van der Waals surface area (Å²) in [5, 5.41) is 7.50. The molecule has 0 saturated heterocycles. The van der Waals surface area contributed by atoms with Gasteiger partial charge in [0.1, 0.15) is 5.82 Å². The summed E-state index contributed by atoms with van der Waals surface area (Å²) in [5.41, 5.74) is 3.50. The van der Waals surface area contributed by atoms with Crippen LogP contribution in [0.25, 0.3) is 10.9 Å². The summed E-state index contributed by atoms with van der Waals surface area (Å²) in [6, 6.07) is 18.8. The molecule has 150 valence electrons. The molecule has 4 rings (SSSR count). The Bertz CT molecular complexity index is 1200. The molecule has 0 saturated carbocycles. The summed E-state index contributed by atoms with van der Waals surface area (Å²) in [4.78, 5) is 25.7. The van der Waals surface area contributed by atoms with Gasteiger partial charge in [-0.05, 0) is 38.1 Å². The number of ether oxygens (including phenoxy) is 1. The van der Waals surface area contributed by atoms with E-state index in [4.69, 9.17) is 4.74 Å². The number of rotatable bonds is 6. The highest BCUT2D eigenvalue weighted by Crippen LogP contribution is 2.25. The highest BCUT2D eigenvalue weighted by molar-refractivity contribution is 5.96. The van der Waals surface area contributed by atoms with Crippen molar-refractivity contribution in [1.82, 2.24) is 15.0 Å². The smallest absolute Gasteiger partial charge is 0.340 e. The average molecular weight is 399 g/mol. The predicted octanol–water partition coefficient (Wildman–Crippen LogP) is 5.00. The van der Waals surface area contributed by atoms with Gasteiger partial charge in [-0.2, -0.15) is 4.98 Å².